The summed E-state index contributed by atoms with van der Waals surface area (Å²) in [6.07, 6.45) is 0. The van der Waals surface area contributed by atoms with Crippen LogP contribution >= 0.6 is 11.6 Å². The van der Waals surface area contributed by atoms with Crippen LogP contribution in [-0.4, -0.2) is 0 Å². The van der Waals surface area contributed by atoms with Crippen LogP contribution < -0.4 is 0 Å². The largest absolute Gasteiger partial charge is 0.207 e. The van der Waals surface area contributed by atoms with E-state index in [-0.39, 0.29) is 10.9 Å². The maximum absolute atomic E-state index is 13.1. The van der Waals surface area contributed by atoms with Gasteiger partial charge in [-0.2, -0.15) is 0 Å². The molecule has 0 fully saturated rings. The molecule has 12 heavy (non-hydrogen) atoms. The van der Waals surface area contributed by atoms with E-state index in [9.17, 15) is 8.78 Å². The molecule has 1 aromatic carbocycles. The number of benzene rings is 1. The standard InChI is InChI=1S/C9H9ClF2/c1-5(2)7-3-6(11)4-8(10)9(7)12/h3-5H,1-2H3. The highest BCUT2D eigenvalue weighted by molar-refractivity contribution is 6.30. The van der Waals surface area contributed by atoms with Gasteiger partial charge in [-0.3, -0.25) is 0 Å². The van der Waals surface area contributed by atoms with E-state index in [0.717, 1.165) is 6.07 Å². The Balaban J connectivity index is 3.28. The average Bonchev–Trinajstić information content (AvgIpc) is 1.96. The normalized spacial score (nSPS) is 10.8. The monoisotopic (exact) mass is 190 g/mol. The Bertz CT molecular complexity index is 295. The Morgan fingerprint density at radius 3 is 2.33 bits per heavy atom. The van der Waals surface area contributed by atoms with Gasteiger partial charge >= 0.3 is 0 Å². The average molecular weight is 191 g/mol. The van der Waals surface area contributed by atoms with Gasteiger partial charge in [0.15, 0.2) is 0 Å². The third-order valence-corrected chi connectivity index (χ3v) is 1.92. The summed E-state index contributed by atoms with van der Waals surface area (Å²) in [5.41, 5.74) is 0.319. The second-order valence-electron chi connectivity index (χ2n) is 2.95. The van der Waals surface area contributed by atoms with Crippen LogP contribution in [0.3, 0.4) is 0 Å². The Labute approximate surface area is 75.2 Å². The highest BCUT2D eigenvalue weighted by Crippen LogP contribution is 2.25. The van der Waals surface area contributed by atoms with E-state index in [0.29, 0.717) is 5.56 Å². The minimum absolute atomic E-state index is 0.0572. The lowest BCUT2D eigenvalue weighted by atomic mass is 10.0. The molecule has 1 aromatic rings. The van der Waals surface area contributed by atoms with Crippen molar-refractivity contribution in [3.8, 4) is 0 Å². The van der Waals surface area contributed by atoms with E-state index in [4.69, 9.17) is 11.6 Å². The van der Waals surface area contributed by atoms with Crippen molar-refractivity contribution in [2.45, 2.75) is 19.8 Å². The third kappa shape index (κ3) is 1.75. The van der Waals surface area contributed by atoms with Crippen molar-refractivity contribution in [3.05, 3.63) is 34.4 Å². The molecular formula is C9H9ClF2. The molecule has 0 spiro atoms. The highest BCUT2D eigenvalue weighted by atomic mass is 35.5. The van der Waals surface area contributed by atoms with Crippen LogP contribution in [0.2, 0.25) is 5.02 Å². The molecule has 0 nitrogen and oxygen atoms in total. The molecule has 0 bridgehead atoms. The van der Waals surface area contributed by atoms with E-state index >= 15 is 0 Å². The predicted molar refractivity (Wildman–Crippen MR) is 45.5 cm³/mol. The molecule has 0 radical (unpaired) electrons. The van der Waals surface area contributed by atoms with Crippen LogP contribution in [0.4, 0.5) is 8.78 Å². The van der Waals surface area contributed by atoms with Gasteiger partial charge in [0, 0.05) is 0 Å². The van der Waals surface area contributed by atoms with E-state index < -0.39 is 11.6 Å². The number of hydrogen-bond donors (Lipinski definition) is 0. The Morgan fingerprint density at radius 2 is 1.83 bits per heavy atom. The van der Waals surface area contributed by atoms with Gasteiger partial charge in [-0.05, 0) is 23.6 Å². The van der Waals surface area contributed by atoms with Gasteiger partial charge in [0.2, 0.25) is 0 Å². The van der Waals surface area contributed by atoms with Gasteiger partial charge < -0.3 is 0 Å². The molecule has 1 rings (SSSR count). The summed E-state index contributed by atoms with van der Waals surface area (Å²) in [5.74, 6) is -1.07. The van der Waals surface area contributed by atoms with Crippen LogP contribution in [0.25, 0.3) is 0 Å². The zero-order chi connectivity index (χ0) is 9.30. The van der Waals surface area contributed by atoms with Crippen LogP contribution in [-0.2, 0) is 0 Å². The van der Waals surface area contributed by atoms with Crippen molar-refractivity contribution < 1.29 is 8.78 Å². The van der Waals surface area contributed by atoms with E-state index in [1.807, 2.05) is 0 Å². The quantitative estimate of drug-likeness (QED) is 0.592. The van der Waals surface area contributed by atoms with Crippen molar-refractivity contribution in [1.82, 2.24) is 0 Å². The summed E-state index contributed by atoms with van der Waals surface area (Å²) in [6.45, 7) is 3.57. The fourth-order valence-corrected chi connectivity index (χ4v) is 1.21. The first-order valence-corrected chi connectivity index (χ1v) is 4.04. The Kier molecular flexibility index (Phi) is 2.68. The molecule has 0 saturated carbocycles. The summed E-state index contributed by atoms with van der Waals surface area (Å²) in [4.78, 5) is 0. The third-order valence-electron chi connectivity index (χ3n) is 1.64. The number of hydrogen-bond acceptors (Lipinski definition) is 0. The zero-order valence-electron chi connectivity index (χ0n) is 6.87. The van der Waals surface area contributed by atoms with Gasteiger partial charge in [-0.25, -0.2) is 8.78 Å². The van der Waals surface area contributed by atoms with Crippen LogP contribution in [0.5, 0.6) is 0 Å². The molecule has 0 aliphatic carbocycles. The minimum atomic E-state index is -0.520. The van der Waals surface area contributed by atoms with Crippen LogP contribution in [0.1, 0.15) is 25.3 Å². The molecule has 0 unspecified atom stereocenters. The second kappa shape index (κ2) is 3.40. The van der Waals surface area contributed by atoms with Crippen LogP contribution in [0, 0.1) is 11.6 Å². The van der Waals surface area contributed by atoms with Crippen molar-refractivity contribution in [3.63, 3.8) is 0 Å². The lowest BCUT2D eigenvalue weighted by Gasteiger charge is -2.07. The molecule has 0 atom stereocenters. The zero-order valence-corrected chi connectivity index (χ0v) is 7.62. The molecule has 0 saturated heterocycles. The predicted octanol–water partition coefficient (Wildman–Crippen LogP) is 3.74. The molecule has 0 aliphatic heterocycles. The maximum atomic E-state index is 13.1. The Hall–Kier alpha value is -0.630. The molecular weight excluding hydrogens is 182 g/mol. The number of rotatable bonds is 1. The molecule has 0 aliphatic rings. The molecule has 0 heterocycles. The van der Waals surface area contributed by atoms with E-state index in [1.165, 1.54) is 6.07 Å². The fourth-order valence-electron chi connectivity index (χ4n) is 0.996. The lowest BCUT2D eigenvalue weighted by molar-refractivity contribution is 0.576. The fraction of sp³-hybridized carbons (Fsp3) is 0.333. The summed E-state index contributed by atoms with van der Waals surface area (Å²) in [5, 5.41) is -0.154. The first kappa shape index (κ1) is 9.46. The van der Waals surface area contributed by atoms with E-state index in [2.05, 4.69) is 0 Å². The van der Waals surface area contributed by atoms with Crippen molar-refractivity contribution in [2.24, 2.45) is 0 Å². The summed E-state index contributed by atoms with van der Waals surface area (Å²) < 4.78 is 25.9. The topological polar surface area (TPSA) is 0 Å². The van der Waals surface area contributed by atoms with Gasteiger partial charge in [0.25, 0.3) is 0 Å². The first-order valence-electron chi connectivity index (χ1n) is 3.67. The van der Waals surface area contributed by atoms with E-state index in [1.54, 1.807) is 13.8 Å². The van der Waals surface area contributed by atoms with Gasteiger partial charge in [-0.15, -0.1) is 0 Å². The van der Waals surface area contributed by atoms with Gasteiger partial charge in [0.1, 0.15) is 11.6 Å². The summed E-state index contributed by atoms with van der Waals surface area (Å²) in [7, 11) is 0. The second-order valence-corrected chi connectivity index (χ2v) is 3.35. The molecule has 0 aromatic heterocycles. The van der Waals surface area contributed by atoms with Gasteiger partial charge in [-0.1, -0.05) is 25.4 Å². The SMILES string of the molecule is CC(C)c1cc(F)cc(Cl)c1F. The molecule has 66 valence electrons. The molecule has 3 heteroatoms. The maximum Gasteiger partial charge on any atom is 0.145 e. The highest BCUT2D eigenvalue weighted by Gasteiger charge is 2.11. The summed E-state index contributed by atoms with van der Waals surface area (Å²) in [6, 6.07) is 2.15. The molecule has 0 amide bonds. The minimum Gasteiger partial charge on any atom is -0.207 e. The summed E-state index contributed by atoms with van der Waals surface area (Å²) >= 11 is 5.45. The van der Waals surface area contributed by atoms with Gasteiger partial charge in [0.05, 0.1) is 5.02 Å². The van der Waals surface area contributed by atoms with Crippen molar-refractivity contribution in [1.29, 1.82) is 0 Å². The Morgan fingerprint density at radius 1 is 1.25 bits per heavy atom. The van der Waals surface area contributed by atoms with Crippen molar-refractivity contribution >= 4 is 11.6 Å². The number of halogens is 3. The molecule has 0 N–H and O–H groups in total. The smallest absolute Gasteiger partial charge is 0.145 e. The van der Waals surface area contributed by atoms with Crippen LogP contribution in [0.15, 0.2) is 12.1 Å². The first-order chi connectivity index (χ1) is 5.52. The van der Waals surface area contributed by atoms with Crippen molar-refractivity contribution in [2.75, 3.05) is 0 Å². The lowest BCUT2D eigenvalue weighted by Crippen LogP contribution is -1.95.